The number of anilines is 1. The lowest BCUT2D eigenvalue weighted by Crippen LogP contribution is -2.13. The van der Waals surface area contributed by atoms with E-state index in [1.807, 2.05) is 24.8 Å². The summed E-state index contributed by atoms with van der Waals surface area (Å²) < 4.78 is 1.86. The molecule has 2 aromatic heterocycles. The van der Waals surface area contributed by atoms with Crippen LogP contribution in [-0.2, 0) is 7.05 Å². The van der Waals surface area contributed by atoms with Crippen molar-refractivity contribution >= 4 is 29.2 Å². The Bertz CT molecular complexity index is 543. The summed E-state index contributed by atoms with van der Waals surface area (Å²) in [5, 5.41) is 12.2. The van der Waals surface area contributed by atoms with Crippen molar-refractivity contribution in [3.63, 3.8) is 0 Å². The van der Waals surface area contributed by atoms with Gasteiger partial charge in [0, 0.05) is 13.1 Å². The molecule has 0 bridgehead atoms. The van der Waals surface area contributed by atoms with Gasteiger partial charge >= 0.3 is 0 Å². The van der Waals surface area contributed by atoms with Gasteiger partial charge < -0.3 is 9.88 Å². The Morgan fingerprint density at radius 1 is 1.44 bits per heavy atom. The largest absolute Gasteiger partial charge is 0.360 e. The number of hydrogen-bond acceptors (Lipinski definition) is 6. The number of hydrogen-bond donors (Lipinski definition) is 1. The van der Waals surface area contributed by atoms with Crippen molar-refractivity contribution in [3.8, 4) is 0 Å². The van der Waals surface area contributed by atoms with E-state index < -0.39 is 0 Å². The Balaban J connectivity index is 2.19. The van der Waals surface area contributed by atoms with Gasteiger partial charge in [-0.2, -0.15) is 0 Å². The summed E-state index contributed by atoms with van der Waals surface area (Å²) in [5.74, 6) is 1.50. The average molecular weight is 285 g/mol. The van der Waals surface area contributed by atoms with E-state index in [1.54, 1.807) is 12.4 Å². The van der Waals surface area contributed by atoms with Crippen LogP contribution < -0.4 is 5.32 Å². The van der Waals surface area contributed by atoms with Crippen LogP contribution in [0.25, 0.3) is 0 Å². The van der Waals surface area contributed by atoms with Crippen molar-refractivity contribution < 1.29 is 0 Å². The third kappa shape index (κ3) is 2.91. The second kappa shape index (κ2) is 5.53. The number of nitrogens with one attached hydrogen (secondary N) is 1. The van der Waals surface area contributed by atoms with E-state index in [0.29, 0.717) is 16.1 Å². The number of aromatic nitrogens is 5. The highest BCUT2D eigenvalue weighted by Gasteiger charge is 2.12. The Labute approximate surface area is 114 Å². The predicted octanol–water partition coefficient (Wildman–Crippen LogP) is 2.15. The summed E-state index contributed by atoms with van der Waals surface area (Å²) >= 11 is 7.38. The summed E-state index contributed by atoms with van der Waals surface area (Å²) in [6, 6.07) is 1.67. The first kappa shape index (κ1) is 13.1. The van der Waals surface area contributed by atoms with E-state index in [2.05, 4.69) is 25.5 Å². The van der Waals surface area contributed by atoms with Gasteiger partial charge in [0.1, 0.15) is 17.3 Å². The molecule has 1 N–H and O–H groups in total. The lowest BCUT2D eigenvalue weighted by molar-refractivity contribution is 0.714. The van der Waals surface area contributed by atoms with Crippen LogP contribution in [0.1, 0.15) is 18.8 Å². The van der Waals surface area contributed by atoms with Crippen LogP contribution in [0.4, 0.5) is 5.82 Å². The third-order valence-electron chi connectivity index (χ3n) is 2.36. The molecule has 0 saturated heterocycles. The molecule has 0 amide bonds. The third-order valence-corrected chi connectivity index (χ3v) is 3.10. The van der Waals surface area contributed by atoms with Gasteiger partial charge in [-0.05, 0) is 13.2 Å². The number of halogens is 1. The molecule has 0 fully saturated rings. The fourth-order valence-electron chi connectivity index (χ4n) is 1.53. The summed E-state index contributed by atoms with van der Waals surface area (Å²) in [6.07, 6.45) is 3.56. The molecule has 0 radical (unpaired) electrons. The molecule has 0 saturated carbocycles. The molecule has 2 rings (SSSR count). The standard InChI is InChI=1S/C10H13ClN6S/c1-6(9-16-12-5-17(9)2)13-8-4-7(11)14-10(15-8)18-3/h4-6H,1-3H3,(H,13,14,15). The van der Waals surface area contributed by atoms with Gasteiger partial charge in [0.2, 0.25) is 0 Å². The summed E-state index contributed by atoms with van der Waals surface area (Å²) in [4.78, 5) is 8.41. The summed E-state index contributed by atoms with van der Waals surface area (Å²) in [5.41, 5.74) is 0. The molecule has 2 aromatic rings. The quantitative estimate of drug-likeness (QED) is 0.527. The molecular formula is C10H13ClN6S. The lowest BCUT2D eigenvalue weighted by atomic mass is 10.3. The van der Waals surface area contributed by atoms with Crippen molar-refractivity contribution in [2.75, 3.05) is 11.6 Å². The lowest BCUT2D eigenvalue weighted by Gasteiger charge is -2.13. The van der Waals surface area contributed by atoms with Gasteiger partial charge in [-0.1, -0.05) is 23.4 Å². The van der Waals surface area contributed by atoms with E-state index >= 15 is 0 Å². The predicted molar refractivity (Wildman–Crippen MR) is 71.9 cm³/mol. The SMILES string of the molecule is CSc1nc(Cl)cc(NC(C)c2nncn2C)n1. The molecule has 6 nitrogen and oxygen atoms in total. The minimum Gasteiger partial charge on any atom is -0.360 e. The number of nitrogens with zero attached hydrogens (tertiary/aromatic N) is 5. The van der Waals surface area contributed by atoms with E-state index in [1.165, 1.54) is 11.8 Å². The number of aryl methyl sites for hydroxylation is 1. The van der Waals surface area contributed by atoms with Crippen LogP contribution in [0.2, 0.25) is 5.15 Å². The summed E-state index contributed by atoms with van der Waals surface area (Å²) in [6.45, 7) is 1.98. The van der Waals surface area contributed by atoms with Gasteiger partial charge in [-0.15, -0.1) is 10.2 Å². The van der Waals surface area contributed by atoms with Crippen LogP contribution >= 0.6 is 23.4 Å². The number of thioether (sulfide) groups is 1. The van der Waals surface area contributed by atoms with Crippen molar-refractivity contribution in [2.24, 2.45) is 7.05 Å². The second-order valence-electron chi connectivity index (χ2n) is 3.73. The summed E-state index contributed by atoms with van der Waals surface area (Å²) in [7, 11) is 1.90. The molecule has 18 heavy (non-hydrogen) atoms. The molecule has 0 spiro atoms. The maximum absolute atomic E-state index is 5.93. The van der Waals surface area contributed by atoms with E-state index in [-0.39, 0.29) is 6.04 Å². The van der Waals surface area contributed by atoms with E-state index in [9.17, 15) is 0 Å². The smallest absolute Gasteiger partial charge is 0.190 e. The van der Waals surface area contributed by atoms with Crippen LogP contribution in [0.3, 0.4) is 0 Å². The van der Waals surface area contributed by atoms with Gasteiger partial charge in [0.05, 0.1) is 6.04 Å². The van der Waals surface area contributed by atoms with Crippen molar-refractivity contribution in [2.45, 2.75) is 18.1 Å². The minimum absolute atomic E-state index is 0.0156. The Hall–Kier alpha value is -1.34. The minimum atomic E-state index is -0.0156. The highest BCUT2D eigenvalue weighted by Crippen LogP contribution is 2.20. The van der Waals surface area contributed by atoms with Gasteiger partial charge in [-0.25, -0.2) is 9.97 Å². The molecule has 2 heterocycles. The molecule has 0 aliphatic carbocycles. The average Bonchev–Trinajstić information content (AvgIpc) is 2.74. The van der Waals surface area contributed by atoms with E-state index in [4.69, 9.17) is 11.6 Å². The first-order chi connectivity index (χ1) is 8.60. The van der Waals surface area contributed by atoms with Crippen LogP contribution in [0.15, 0.2) is 17.6 Å². The maximum Gasteiger partial charge on any atom is 0.190 e. The van der Waals surface area contributed by atoms with Crippen molar-refractivity contribution in [3.05, 3.63) is 23.4 Å². The molecule has 0 aromatic carbocycles. The molecule has 8 heteroatoms. The molecule has 0 aliphatic heterocycles. The maximum atomic E-state index is 5.93. The highest BCUT2D eigenvalue weighted by atomic mass is 35.5. The molecule has 96 valence electrons. The monoisotopic (exact) mass is 284 g/mol. The van der Waals surface area contributed by atoms with Crippen molar-refractivity contribution in [1.29, 1.82) is 0 Å². The zero-order valence-electron chi connectivity index (χ0n) is 10.3. The first-order valence-electron chi connectivity index (χ1n) is 5.29. The number of rotatable bonds is 4. The van der Waals surface area contributed by atoms with Crippen molar-refractivity contribution in [1.82, 2.24) is 24.7 Å². The van der Waals surface area contributed by atoms with Crippen LogP contribution in [0.5, 0.6) is 0 Å². The van der Waals surface area contributed by atoms with Gasteiger partial charge in [0.25, 0.3) is 0 Å². The molecule has 0 aliphatic rings. The molecule has 1 atom stereocenters. The molecular weight excluding hydrogens is 272 g/mol. The Kier molecular flexibility index (Phi) is 4.03. The second-order valence-corrected chi connectivity index (χ2v) is 4.89. The Morgan fingerprint density at radius 2 is 2.22 bits per heavy atom. The normalized spacial score (nSPS) is 12.4. The van der Waals surface area contributed by atoms with Crippen LogP contribution in [0, 0.1) is 0 Å². The van der Waals surface area contributed by atoms with Gasteiger partial charge in [-0.3, -0.25) is 0 Å². The first-order valence-corrected chi connectivity index (χ1v) is 6.89. The zero-order chi connectivity index (χ0) is 13.1. The van der Waals surface area contributed by atoms with Gasteiger partial charge in [0.15, 0.2) is 11.0 Å². The fourth-order valence-corrected chi connectivity index (χ4v) is 2.15. The highest BCUT2D eigenvalue weighted by molar-refractivity contribution is 7.98. The van der Waals surface area contributed by atoms with Crippen LogP contribution in [-0.4, -0.2) is 31.0 Å². The molecule has 1 unspecified atom stereocenters. The topological polar surface area (TPSA) is 68.5 Å². The fraction of sp³-hybridized carbons (Fsp3) is 0.400. The van der Waals surface area contributed by atoms with E-state index in [0.717, 1.165) is 5.82 Å². The zero-order valence-corrected chi connectivity index (χ0v) is 11.8. The Morgan fingerprint density at radius 3 is 2.83 bits per heavy atom.